The second kappa shape index (κ2) is 62.7. The number of carbonyl (C=O) groups is 2. The summed E-state index contributed by atoms with van der Waals surface area (Å²) in [5, 5.41) is 3.04. The number of ether oxygens (including phenoxy) is 1. The molecule has 484 valence electrons. The molecule has 0 saturated heterocycles. The Balaban J connectivity index is 5.16. The number of likely N-dealkylation sites (N-methyl/N-ethyl adjacent to an activating group) is 1. The molecule has 10 heteroatoms. The Bertz CT molecular complexity index is 1810. The van der Waals surface area contributed by atoms with E-state index in [9.17, 15) is 19.0 Å². The van der Waals surface area contributed by atoms with Crippen LogP contribution in [0.5, 0.6) is 0 Å². The fraction of sp³-hybridized carbons (Fsp3) is 0.730. The van der Waals surface area contributed by atoms with Crippen molar-refractivity contribution in [2.24, 2.45) is 0 Å². The summed E-state index contributed by atoms with van der Waals surface area (Å²) in [7, 11) is 1.17. The molecule has 0 aromatic rings. The van der Waals surface area contributed by atoms with Gasteiger partial charge in [-0.25, -0.2) is 0 Å². The van der Waals surface area contributed by atoms with E-state index in [1.807, 2.05) is 33.3 Å². The van der Waals surface area contributed by atoms with Gasteiger partial charge < -0.3 is 28.5 Å². The first-order valence-corrected chi connectivity index (χ1v) is 36.2. The molecule has 84 heavy (non-hydrogen) atoms. The van der Waals surface area contributed by atoms with Gasteiger partial charge in [0, 0.05) is 12.8 Å². The molecule has 1 N–H and O–H groups in total. The minimum Gasteiger partial charge on any atom is -0.756 e. The number of quaternary nitrogens is 1. The molecule has 0 aliphatic carbocycles. The van der Waals surface area contributed by atoms with Crippen LogP contribution in [-0.2, 0) is 27.9 Å². The molecule has 9 nitrogen and oxygen atoms in total. The van der Waals surface area contributed by atoms with Crippen LogP contribution in [0.15, 0.2) is 109 Å². The zero-order chi connectivity index (χ0) is 61.4. The first-order chi connectivity index (χ1) is 40.9. The first-order valence-electron chi connectivity index (χ1n) is 34.7. The molecule has 0 aliphatic rings. The number of hydrogen-bond acceptors (Lipinski definition) is 7. The average molecular weight is 1190 g/mol. The topological polar surface area (TPSA) is 114 Å². The number of nitrogens with zero attached hydrogens (tertiary/aromatic N) is 1. The Morgan fingerprint density at radius 1 is 0.429 bits per heavy atom. The summed E-state index contributed by atoms with van der Waals surface area (Å²) in [5.74, 6) is -0.560. The summed E-state index contributed by atoms with van der Waals surface area (Å²) in [6, 6.07) is -0.903. The molecule has 0 rings (SSSR count). The molecule has 0 heterocycles. The number of phosphoric ester groups is 1. The van der Waals surface area contributed by atoms with Crippen LogP contribution in [0.1, 0.15) is 297 Å². The fourth-order valence-electron chi connectivity index (χ4n) is 9.62. The van der Waals surface area contributed by atoms with Crippen LogP contribution in [0.2, 0.25) is 0 Å². The van der Waals surface area contributed by atoms with Crippen molar-refractivity contribution in [3.05, 3.63) is 109 Å². The Morgan fingerprint density at radius 2 is 0.762 bits per heavy atom. The number of esters is 1. The third kappa shape index (κ3) is 63.2. The molecule has 3 unspecified atom stereocenters. The standard InChI is InChI=1S/C74H131N2O7P/c1-7-10-13-16-19-22-25-28-30-32-34-36-37-38-39-41-43-45-47-49-52-55-58-61-64-67-74(78)83-72(65-62-59-56-53-50-27-24-21-18-15-12-9-3)71(70-82-84(79,80)81-69-68-76(4,5)6)75-73(77)66-63-60-57-54-51-48-46-44-42-40-35-33-31-29-26-23-20-17-14-11-8-2/h10,13,19-20,22-23,28-31,34,36,38-39,43,45,62,65,71-72H,7-9,11-12,14-18,21,24-27,32-33,35,37,40-42,44,46-61,63-64,66-70H2,1-6H3,(H-,75,77,79,80)/b13-10-,22-19-,23-20-,30-28-,31-29-,36-34-,39-38-,45-43-,65-62+. The van der Waals surface area contributed by atoms with Gasteiger partial charge in [0.2, 0.25) is 5.91 Å². The van der Waals surface area contributed by atoms with E-state index in [1.54, 1.807) is 0 Å². The summed E-state index contributed by atoms with van der Waals surface area (Å²) in [6.45, 7) is 6.70. The van der Waals surface area contributed by atoms with Crippen molar-refractivity contribution in [1.29, 1.82) is 0 Å². The minimum absolute atomic E-state index is 0.0299. The van der Waals surface area contributed by atoms with Crippen molar-refractivity contribution in [3.8, 4) is 0 Å². The summed E-state index contributed by atoms with van der Waals surface area (Å²) < 4.78 is 30.4. The smallest absolute Gasteiger partial charge is 0.306 e. The fourth-order valence-corrected chi connectivity index (χ4v) is 10.3. The van der Waals surface area contributed by atoms with Gasteiger partial charge >= 0.3 is 5.97 Å². The Morgan fingerprint density at radius 3 is 1.17 bits per heavy atom. The molecule has 0 spiro atoms. The molecular weight excluding hydrogens is 1060 g/mol. The van der Waals surface area contributed by atoms with Crippen molar-refractivity contribution in [3.63, 3.8) is 0 Å². The highest BCUT2D eigenvalue weighted by molar-refractivity contribution is 7.45. The van der Waals surface area contributed by atoms with Gasteiger partial charge in [-0.3, -0.25) is 14.2 Å². The van der Waals surface area contributed by atoms with Gasteiger partial charge in [0.15, 0.2) is 0 Å². The maximum Gasteiger partial charge on any atom is 0.306 e. The number of carbonyl (C=O) groups excluding carboxylic acids is 2. The van der Waals surface area contributed by atoms with Crippen LogP contribution < -0.4 is 10.2 Å². The second-order valence-electron chi connectivity index (χ2n) is 24.3. The van der Waals surface area contributed by atoms with E-state index in [4.69, 9.17) is 13.8 Å². The number of hydrogen-bond donors (Lipinski definition) is 1. The molecular formula is C74H131N2O7P. The maximum absolute atomic E-state index is 13.6. The lowest BCUT2D eigenvalue weighted by Crippen LogP contribution is -2.47. The van der Waals surface area contributed by atoms with E-state index >= 15 is 0 Å². The Kier molecular flexibility index (Phi) is 60.2. The van der Waals surface area contributed by atoms with Crippen molar-refractivity contribution in [2.75, 3.05) is 40.9 Å². The van der Waals surface area contributed by atoms with Crippen LogP contribution in [-0.4, -0.2) is 69.4 Å². The monoisotopic (exact) mass is 1190 g/mol. The van der Waals surface area contributed by atoms with Gasteiger partial charge in [-0.2, -0.15) is 0 Å². The minimum atomic E-state index is -4.71. The number of rotatable bonds is 62. The average Bonchev–Trinajstić information content (AvgIpc) is 3.64. The SMILES string of the molecule is CC/C=C\C/C=C\C/C=C\C/C=C\C/C=C\C/C=C\CCCCCCCCC(=O)OC(/C=C/CCCCCCCCCCCC)C(COP(=O)([O-])OCC[N+](C)(C)C)NC(=O)CCCCCCCCCCCCC/C=C\C/C=C\CCCCC. The maximum atomic E-state index is 13.6. The normalized spacial score (nSPS) is 14.2. The quantitative estimate of drug-likeness (QED) is 0.0212. The molecule has 0 fully saturated rings. The highest BCUT2D eigenvalue weighted by Gasteiger charge is 2.27. The summed E-state index contributed by atoms with van der Waals surface area (Å²) >= 11 is 0. The molecule has 0 aromatic heterocycles. The second-order valence-corrected chi connectivity index (χ2v) is 25.7. The Hall–Kier alpha value is -3.33. The largest absolute Gasteiger partial charge is 0.756 e. The summed E-state index contributed by atoms with van der Waals surface area (Å²) in [4.78, 5) is 40.2. The van der Waals surface area contributed by atoms with Gasteiger partial charge in [0.1, 0.15) is 19.3 Å². The van der Waals surface area contributed by atoms with Crippen LogP contribution in [0.25, 0.3) is 0 Å². The predicted molar refractivity (Wildman–Crippen MR) is 362 cm³/mol. The third-order valence-corrected chi connectivity index (χ3v) is 15.9. The van der Waals surface area contributed by atoms with Crippen molar-refractivity contribution in [2.45, 2.75) is 309 Å². The van der Waals surface area contributed by atoms with Gasteiger partial charge in [-0.1, -0.05) is 278 Å². The summed E-state index contributed by atoms with van der Waals surface area (Å²) in [6.07, 6.45) is 86.3. The lowest BCUT2D eigenvalue weighted by molar-refractivity contribution is -0.870. The van der Waals surface area contributed by atoms with Gasteiger partial charge in [-0.15, -0.1) is 0 Å². The van der Waals surface area contributed by atoms with Gasteiger partial charge in [0.05, 0.1) is 33.8 Å². The van der Waals surface area contributed by atoms with E-state index in [2.05, 4.69) is 123 Å². The first kappa shape index (κ1) is 80.7. The molecule has 0 bridgehead atoms. The molecule has 0 radical (unpaired) electrons. The Labute approximate surface area is 519 Å². The number of phosphoric acid groups is 1. The highest BCUT2D eigenvalue weighted by Crippen LogP contribution is 2.38. The van der Waals surface area contributed by atoms with Crippen LogP contribution >= 0.6 is 7.82 Å². The lowest BCUT2D eigenvalue weighted by Gasteiger charge is -2.30. The van der Waals surface area contributed by atoms with Gasteiger partial charge in [-0.05, 0) is 115 Å². The van der Waals surface area contributed by atoms with E-state index in [1.165, 1.54) is 128 Å². The molecule has 1 amide bonds. The highest BCUT2D eigenvalue weighted by atomic mass is 31.2. The van der Waals surface area contributed by atoms with Crippen molar-refractivity contribution < 1.29 is 37.3 Å². The number of nitrogens with one attached hydrogen (secondary N) is 1. The van der Waals surface area contributed by atoms with Crippen molar-refractivity contribution >= 4 is 19.7 Å². The lowest BCUT2D eigenvalue weighted by atomic mass is 10.0. The third-order valence-electron chi connectivity index (χ3n) is 14.9. The van der Waals surface area contributed by atoms with E-state index in [0.29, 0.717) is 23.9 Å². The van der Waals surface area contributed by atoms with E-state index in [0.717, 1.165) is 128 Å². The molecule has 3 atom stereocenters. The van der Waals surface area contributed by atoms with Crippen LogP contribution in [0.3, 0.4) is 0 Å². The van der Waals surface area contributed by atoms with Crippen LogP contribution in [0, 0.1) is 0 Å². The predicted octanol–water partition coefficient (Wildman–Crippen LogP) is 21.4. The van der Waals surface area contributed by atoms with E-state index < -0.39 is 26.6 Å². The number of unbranched alkanes of at least 4 members (excludes halogenated alkanes) is 30. The van der Waals surface area contributed by atoms with Crippen molar-refractivity contribution in [1.82, 2.24) is 5.32 Å². The molecule has 0 saturated carbocycles. The zero-order valence-corrected chi connectivity index (χ0v) is 56.2. The molecule has 0 aliphatic heterocycles. The number of allylic oxidation sites excluding steroid dienone is 17. The number of amides is 1. The zero-order valence-electron chi connectivity index (χ0n) is 55.3. The van der Waals surface area contributed by atoms with Crippen LogP contribution in [0.4, 0.5) is 0 Å². The van der Waals surface area contributed by atoms with Gasteiger partial charge in [0.25, 0.3) is 7.82 Å². The van der Waals surface area contributed by atoms with E-state index in [-0.39, 0.29) is 24.9 Å². The molecule has 0 aromatic carbocycles. The summed E-state index contributed by atoms with van der Waals surface area (Å²) in [5.41, 5.74) is 0.